The summed E-state index contributed by atoms with van der Waals surface area (Å²) in [5, 5.41) is 5.89. The first-order valence-corrected chi connectivity index (χ1v) is 6.41. The smallest absolute Gasteiger partial charge is 0.315 e. The molecule has 0 spiro atoms. The van der Waals surface area contributed by atoms with Gasteiger partial charge in [-0.2, -0.15) is 0 Å². The third-order valence-corrected chi connectivity index (χ3v) is 3.76. The first-order chi connectivity index (χ1) is 8.24. The van der Waals surface area contributed by atoms with Gasteiger partial charge in [0.25, 0.3) is 0 Å². The first-order valence-electron chi connectivity index (χ1n) is 6.41. The molecule has 2 rings (SSSR count). The van der Waals surface area contributed by atoms with Crippen LogP contribution >= 0.6 is 0 Å². The Labute approximate surface area is 102 Å². The number of methoxy groups -OCH3 is 1. The molecule has 0 radical (unpaired) electrons. The first kappa shape index (κ1) is 12.6. The maximum Gasteiger partial charge on any atom is 0.315 e. The molecular formula is C12H22N2O3. The Morgan fingerprint density at radius 1 is 1.47 bits per heavy atom. The van der Waals surface area contributed by atoms with Crippen LogP contribution in [0.4, 0.5) is 4.79 Å². The van der Waals surface area contributed by atoms with Crippen molar-refractivity contribution in [1.29, 1.82) is 0 Å². The number of hydrogen-bond acceptors (Lipinski definition) is 3. The second-order valence-corrected chi connectivity index (χ2v) is 5.00. The van der Waals surface area contributed by atoms with Gasteiger partial charge in [-0.05, 0) is 12.8 Å². The predicted molar refractivity (Wildman–Crippen MR) is 64.0 cm³/mol. The Balaban J connectivity index is 1.71. The van der Waals surface area contributed by atoms with Gasteiger partial charge in [0.1, 0.15) is 5.60 Å². The Morgan fingerprint density at radius 2 is 2.24 bits per heavy atom. The van der Waals surface area contributed by atoms with Crippen molar-refractivity contribution < 1.29 is 14.3 Å². The number of nitrogens with one attached hydrogen (secondary N) is 2. The Bertz CT molecular complexity index is 258. The fourth-order valence-corrected chi connectivity index (χ4v) is 2.51. The Morgan fingerprint density at radius 3 is 2.82 bits per heavy atom. The molecule has 0 bridgehead atoms. The number of ether oxygens (including phenoxy) is 2. The van der Waals surface area contributed by atoms with Crippen LogP contribution in [0.15, 0.2) is 0 Å². The van der Waals surface area contributed by atoms with E-state index in [1.807, 2.05) is 0 Å². The molecule has 1 aliphatic heterocycles. The zero-order valence-electron chi connectivity index (χ0n) is 10.5. The highest BCUT2D eigenvalue weighted by atomic mass is 16.5. The number of carbonyl (C=O) groups is 1. The number of rotatable bonds is 4. The molecule has 1 unspecified atom stereocenters. The molecule has 2 N–H and O–H groups in total. The van der Waals surface area contributed by atoms with E-state index in [1.54, 1.807) is 7.11 Å². The molecule has 1 saturated heterocycles. The minimum absolute atomic E-state index is 0.0831. The van der Waals surface area contributed by atoms with Crippen LogP contribution in [0.25, 0.3) is 0 Å². The van der Waals surface area contributed by atoms with Gasteiger partial charge < -0.3 is 20.1 Å². The Kier molecular flexibility index (Phi) is 4.23. The average Bonchev–Trinajstić information content (AvgIpc) is 2.98. The summed E-state index contributed by atoms with van der Waals surface area (Å²) >= 11 is 0. The lowest BCUT2D eigenvalue weighted by atomic mass is 10.0. The van der Waals surface area contributed by atoms with Gasteiger partial charge in [0.15, 0.2) is 0 Å². The van der Waals surface area contributed by atoms with E-state index in [0.29, 0.717) is 25.8 Å². The molecule has 2 amide bonds. The minimum atomic E-state index is -0.326. The fraction of sp³-hybridized carbons (Fsp3) is 0.917. The largest absolute Gasteiger partial charge is 0.378 e. The average molecular weight is 242 g/mol. The van der Waals surface area contributed by atoms with Gasteiger partial charge in [0, 0.05) is 26.2 Å². The molecule has 5 heteroatoms. The maximum absolute atomic E-state index is 11.7. The normalized spacial score (nSPS) is 29.5. The lowest BCUT2D eigenvalue weighted by Crippen LogP contribution is -2.49. The third kappa shape index (κ3) is 3.33. The molecular weight excluding hydrogens is 220 g/mol. The van der Waals surface area contributed by atoms with Crippen molar-refractivity contribution in [3.8, 4) is 0 Å². The topological polar surface area (TPSA) is 59.6 Å². The third-order valence-electron chi connectivity index (χ3n) is 3.76. The molecule has 1 aliphatic carbocycles. The van der Waals surface area contributed by atoms with Crippen LogP contribution in [0.2, 0.25) is 0 Å². The van der Waals surface area contributed by atoms with Gasteiger partial charge in [0.05, 0.1) is 13.2 Å². The number of urea groups is 1. The molecule has 1 atom stereocenters. The summed E-state index contributed by atoms with van der Waals surface area (Å²) in [7, 11) is 1.67. The van der Waals surface area contributed by atoms with Crippen molar-refractivity contribution in [3.63, 3.8) is 0 Å². The summed E-state index contributed by atoms with van der Waals surface area (Å²) < 4.78 is 10.8. The zero-order valence-corrected chi connectivity index (χ0v) is 10.5. The second kappa shape index (κ2) is 5.69. The van der Waals surface area contributed by atoms with E-state index in [1.165, 1.54) is 12.8 Å². The van der Waals surface area contributed by atoms with Gasteiger partial charge >= 0.3 is 6.03 Å². The van der Waals surface area contributed by atoms with Crippen molar-refractivity contribution in [3.05, 3.63) is 0 Å². The van der Waals surface area contributed by atoms with Gasteiger partial charge in [-0.3, -0.25) is 0 Å². The van der Waals surface area contributed by atoms with E-state index >= 15 is 0 Å². The van der Waals surface area contributed by atoms with Gasteiger partial charge in [-0.15, -0.1) is 0 Å². The molecule has 1 heterocycles. The van der Waals surface area contributed by atoms with Gasteiger partial charge in [-0.25, -0.2) is 4.79 Å². The summed E-state index contributed by atoms with van der Waals surface area (Å²) in [4.78, 5) is 11.7. The number of amides is 2. The SMILES string of the molecule is COC1(CNC(=O)NC2CCCC2)CCOC1. The highest BCUT2D eigenvalue weighted by Gasteiger charge is 2.35. The van der Waals surface area contributed by atoms with E-state index in [9.17, 15) is 4.79 Å². The van der Waals surface area contributed by atoms with E-state index in [4.69, 9.17) is 9.47 Å². The van der Waals surface area contributed by atoms with Gasteiger partial charge in [-0.1, -0.05) is 12.8 Å². The van der Waals surface area contributed by atoms with Crippen LogP contribution in [0.3, 0.4) is 0 Å². The summed E-state index contributed by atoms with van der Waals surface area (Å²) in [5.41, 5.74) is -0.326. The number of hydrogen-bond donors (Lipinski definition) is 2. The van der Waals surface area contributed by atoms with E-state index < -0.39 is 0 Å². The van der Waals surface area contributed by atoms with Crippen molar-refractivity contribution in [2.24, 2.45) is 0 Å². The van der Waals surface area contributed by atoms with Crippen molar-refractivity contribution >= 4 is 6.03 Å². The van der Waals surface area contributed by atoms with E-state index in [-0.39, 0.29) is 11.6 Å². The lowest BCUT2D eigenvalue weighted by Gasteiger charge is -2.26. The molecule has 1 saturated carbocycles. The van der Waals surface area contributed by atoms with Crippen LogP contribution in [0, 0.1) is 0 Å². The molecule has 0 aromatic rings. The Hall–Kier alpha value is -0.810. The maximum atomic E-state index is 11.7. The van der Waals surface area contributed by atoms with Crippen LogP contribution in [-0.2, 0) is 9.47 Å². The van der Waals surface area contributed by atoms with Gasteiger partial charge in [0.2, 0.25) is 0 Å². The predicted octanol–water partition coefficient (Wildman–Crippen LogP) is 1.03. The quantitative estimate of drug-likeness (QED) is 0.774. The standard InChI is InChI=1S/C12H22N2O3/c1-16-12(6-7-17-9-12)8-13-11(15)14-10-4-2-3-5-10/h10H,2-9H2,1H3,(H2,13,14,15). The number of carbonyl (C=O) groups excluding carboxylic acids is 1. The molecule has 17 heavy (non-hydrogen) atoms. The summed E-state index contributed by atoms with van der Waals surface area (Å²) in [6, 6.07) is 0.272. The van der Waals surface area contributed by atoms with E-state index in [0.717, 1.165) is 19.3 Å². The summed E-state index contributed by atoms with van der Waals surface area (Å²) in [6.45, 7) is 1.79. The highest BCUT2D eigenvalue weighted by Crippen LogP contribution is 2.21. The molecule has 5 nitrogen and oxygen atoms in total. The lowest BCUT2D eigenvalue weighted by molar-refractivity contribution is -0.0138. The van der Waals surface area contributed by atoms with Crippen LogP contribution < -0.4 is 10.6 Å². The van der Waals surface area contributed by atoms with Crippen LogP contribution in [-0.4, -0.2) is 44.5 Å². The molecule has 2 aliphatic rings. The van der Waals surface area contributed by atoms with Crippen LogP contribution in [0.1, 0.15) is 32.1 Å². The minimum Gasteiger partial charge on any atom is -0.378 e. The van der Waals surface area contributed by atoms with Crippen molar-refractivity contribution in [1.82, 2.24) is 10.6 Å². The highest BCUT2D eigenvalue weighted by molar-refractivity contribution is 5.74. The summed E-state index contributed by atoms with van der Waals surface area (Å²) in [6.07, 6.45) is 5.49. The van der Waals surface area contributed by atoms with Crippen molar-refractivity contribution in [2.75, 3.05) is 26.9 Å². The molecule has 0 aromatic carbocycles. The molecule has 98 valence electrons. The molecule has 0 aromatic heterocycles. The van der Waals surface area contributed by atoms with Crippen molar-refractivity contribution in [2.45, 2.75) is 43.7 Å². The zero-order chi connectivity index (χ0) is 12.1. The van der Waals surface area contributed by atoms with E-state index in [2.05, 4.69) is 10.6 Å². The monoisotopic (exact) mass is 242 g/mol. The summed E-state index contributed by atoms with van der Waals surface area (Å²) in [5.74, 6) is 0. The fourth-order valence-electron chi connectivity index (χ4n) is 2.51. The van der Waals surface area contributed by atoms with Crippen LogP contribution in [0.5, 0.6) is 0 Å². The second-order valence-electron chi connectivity index (χ2n) is 5.00. The molecule has 2 fully saturated rings.